The summed E-state index contributed by atoms with van der Waals surface area (Å²) in [5.74, 6) is -1.16. The van der Waals surface area contributed by atoms with Crippen LogP contribution in [0.2, 0.25) is 0 Å². The Morgan fingerprint density at radius 1 is 0.565 bits per heavy atom. The van der Waals surface area contributed by atoms with Crippen molar-refractivity contribution in [3.05, 3.63) is 122 Å². The van der Waals surface area contributed by atoms with Crippen molar-refractivity contribution in [1.29, 1.82) is 0 Å². The molecule has 0 saturated carbocycles. The van der Waals surface area contributed by atoms with Gasteiger partial charge in [0.15, 0.2) is 6.10 Å². The monoisotopic (exact) mass is 887 g/mol. The summed E-state index contributed by atoms with van der Waals surface area (Å²) in [4.78, 5) is 35.0. The molecule has 11 nitrogen and oxygen atoms in total. The van der Waals surface area contributed by atoms with Gasteiger partial charge in [0.25, 0.3) is 0 Å². The summed E-state index contributed by atoms with van der Waals surface area (Å²) in [6.07, 6.45) is 53.4. The Bertz CT molecular complexity index is 1450. The van der Waals surface area contributed by atoms with Crippen LogP contribution < -0.4 is 0 Å². The fourth-order valence-electron chi connectivity index (χ4n) is 5.20. The van der Waals surface area contributed by atoms with Gasteiger partial charge in [-0.1, -0.05) is 155 Å². The number of phosphoric acid groups is 1. The lowest BCUT2D eigenvalue weighted by molar-refractivity contribution is -0.161. The second-order valence-corrected chi connectivity index (χ2v) is 16.0. The van der Waals surface area contributed by atoms with E-state index in [9.17, 15) is 29.3 Å². The van der Waals surface area contributed by atoms with Crippen molar-refractivity contribution in [2.75, 3.05) is 26.4 Å². The molecule has 0 spiro atoms. The average Bonchev–Trinajstić information content (AvgIpc) is 3.26. The first-order chi connectivity index (χ1) is 30.1. The fraction of sp³-hybridized carbons (Fsp3) is 0.560. The van der Waals surface area contributed by atoms with Crippen LogP contribution in [-0.4, -0.2) is 76.9 Å². The Kier molecular flexibility index (Phi) is 41.4. The summed E-state index contributed by atoms with van der Waals surface area (Å²) in [6, 6.07) is 0. The number of ether oxygens (including phenoxy) is 2. The van der Waals surface area contributed by atoms with Crippen LogP contribution in [-0.2, 0) is 32.7 Å². The van der Waals surface area contributed by atoms with Crippen molar-refractivity contribution in [3.8, 4) is 0 Å². The van der Waals surface area contributed by atoms with E-state index in [4.69, 9.17) is 19.1 Å². The number of phosphoric ester groups is 1. The van der Waals surface area contributed by atoms with Crippen LogP contribution in [0.3, 0.4) is 0 Å². The number of rotatable bonds is 40. The first kappa shape index (κ1) is 58.3. The standard InChI is InChI=1S/C50H79O11P/c1-3-5-7-9-11-13-15-17-18-19-20-21-22-24-26-28-30-32-36-41-50(55)61-48(45-60-62(56,57)59-43-47(53)42-51)44-58-49(54)40-37-33-35-39-46(52)38-34-31-29-27-25-23-16-14-12-10-8-6-4-2/h6,8,11-14,17-18,20-21,23-26,29,31,33-35,38,46-48,51-53H,3-5,7,9-10,15-16,19,22,27-28,30,32,36-37,39-45H2,1-2H3,(H,56,57)/b8-6-,13-11-,14-12-,18-17-,21-20-,25-23-,26-24-,31-29-,35-33-,38-34-/t46?,47-,48+/m0/s1. The van der Waals surface area contributed by atoms with E-state index >= 15 is 0 Å². The van der Waals surface area contributed by atoms with Gasteiger partial charge in [0, 0.05) is 12.8 Å². The first-order valence-corrected chi connectivity index (χ1v) is 24.1. The fourth-order valence-corrected chi connectivity index (χ4v) is 5.99. The summed E-state index contributed by atoms with van der Waals surface area (Å²) in [6.45, 7) is 1.97. The highest BCUT2D eigenvalue weighted by Crippen LogP contribution is 2.43. The Hall–Kier alpha value is -3.67. The molecule has 0 aliphatic carbocycles. The van der Waals surface area contributed by atoms with Crippen LogP contribution in [0, 0.1) is 0 Å². The van der Waals surface area contributed by atoms with E-state index in [0.29, 0.717) is 19.3 Å². The van der Waals surface area contributed by atoms with Crippen molar-refractivity contribution in [1.82, 2.24) is 0 Å². The van der Waals surface area contributed by atoms with Gasteiger partial charge in [-0.25, -0.2) is 4.57 Å². The number of allylic oxidation sites excluding steroid dienone is 18. The van der Waals surface area contributed by atoms with Crippen molar-refractivity contribution in [2.45, 2.75) is 154 Å². The normalized spacial score (nSPS) is 15.4. The molecule has 0 aromatic heterocycles. The molecule has 0 aromatic rings. The largest absolute Gasteiger partial charge is 0.472 e. The van der Waals surface area contributed by atoms with Gasteiger partial charge < -0.3 is 29.7 Å². The molecule has 0 bridgehead atoms. The van der Waals surface area contributed by atoms with Gasteiger partial charge in [-0.3, -0.25) is 18.6 Å². The number of unbranched alkanes of at least 4 members (excludes halogenated alkanes) is 6. The predicted octanol–water partition coefficient (Wildman–Crippen LogP) is 11.3. The maximum Gasteiger partial charge on any atom is 0.472 e. The van der Waals surface area contributed by atoms with Gasteiger partial charge in [0.05, 0.1) is 25.9 Å². The van der Waals surface area contributed by atoms with Gasteiger partial charge in [-0.05, 0) is 89.9 Å². The Morgan fingerprint density at radius 3 is 1.68 bits per heavy atom. The Balaban J connectivity index is 4.57. The lowest BCUT2D eigenvalue weighted by Gasteiger charge is -2.20. The lowest BCUT2D eigenvalue weighted by atomic mass is 10.1. The summed E-state index contributed by atoms with van der Waals surface area (Å²) < 4.78 is 32.6. The molecule has 0 amide bonds. The minimum Gasteiger partial charge on any atom is -0.462 e. The van der Waals surface area contributed by atoms with Crippen molar-refractivity contribution in [3.63, 3.8) is 0 Å². The third-order valence-electron chi connectivity index (χ3n) is 8.69. The smallest absolute Gasteiger partial charge is 0.462 e. The Labute approximate surface area is 373 Å². The zero-order valence-corrected chi connectivity index (χ0v) is 38.5. The molecule has 4 N–H and O–H groups in total. The number of carbonyl (C=O) groups excluding carboxylic acids is 2. The highest BCUT2D eigenvalue weighted by atomic mass is 31.2. The maximum absolute atomic E-state index is 12.6. The van der Waals surface area contributed by atoms with Gasteiger partial charge in [-0.15, -0.1) is 0 Å². The molecule has 0 aliphatic heterocycles. The van der Waals surface area contributed by atoms with E-state index < -0.39 is 64.5 Å². The van der Waals surface area contributed by atoms with Gasteiger partial charge in [0.1, 0.15) is 12.7 Å². The number of esters is 2. The van der Waals surface area contributed by atoms with Crippen LogP contribution in [0.25, 0.3) is 0 Å². The van der Waals surface area contributed by atoms with Crippen molar-refractivity contribution in [2.24, 2.45) is 0 Å². The second-order valence-electron chi connectivity index (χ2n) is 14.5. The van der Waals surface area contributed by atoms with Crippen LogP contribution in [0.15, 0.2) is 122 Å². The molecule has 62 heavy (non-hydrogen) atoms. The van der Waals surface area contributed by atoms with E-state index in [2.05, 4.69) is 103 Å². The van der Waals surface area contributed by atoms with E-state index in [1.54, 1.807) is 24.3 Å². The summed E-state index contributed by atoms with van der Waals surface area (Å²) in [5, 5.41) is 28.5. The number of aliphatic hydroxyl groups excluding tert-OH is 3. The predicted molar refractivity (Wildman–Crippen MR) is 252 cm³/mol. The molecule has 0 radical (unpaired) electrons. The van der Waals surface area contributed by atoms with Crippen molar-refractivity contribution >= 4 is 19.8 Å². The number of carbonyl (C=O) groups is 2. The van der Waals surface area contributed by atoms with E-state index in [0.717, 1.165) is 70.6 Å². The lowest BCUT2D eigenvalue weighted by Crippen LogP contribution is -2.29. The van der Waals surface area contributed by atoms with Gasteiger partial charge in [0.2, 0.25) is 0 Å². The van der Waals surface area contributed by atoms with Gasteiger partial charge >= 0.3 is 19.8 Å². The molecular weight excluding hydrogens is 808 g/mol. The topological polar surface area (TPSA) is 169 Å². The van der Waals surface area contributed by atoms with Crippen LogP contribution in [0.1, 0.15) is 136 Å². The van der Waals surface area contributed by atoms with E-state index in [-0.39, 0.29) is 12.8 Å². The molecule has 0 saturated heterocycles. The van der Waals surface area contributed by atoms with Crippen LogP contribution in [0.4, 0.5) is 0 Å². The molecule has 350 valence electrons. The molecule has 0 fully saturated rings. The van der Waals surface area contributed by atoms with Crippen molar-refractivity contribution < 1.29 is 52.9 Å². The highest BCUT2D eigenvalue weighted by Gasteiger charge is 2.27. The minimum absolute atomic E-state index is 0.0198. The van der Waals surface area contributed by atoms with Gasteiger partial charge in [-0.2, -0.15) is 0 Å². The summed E-state index contributed by atoms with van der Waals surface area (Å²) in [5.41, 5.74) is 0. The third-order valence-corrected chi connectivity index (χ3v) is 9.64. The maximum atomic E-state index is 12.6. The molecule has 0 rings (SSSR count). The highest BCUT2D eigenvalue weighted by molar-refractivity contribution is 7.47. The zero-order chi connectivity index (χ0) is 45.6. The molecule has 0 heterocycles. The zero-order valence-electron chi connectivity index (χ0n) is 37.6. The molecule has 0 aliphatic rings. The quantitative estimate of drug-likeness (QED) is 0.0152. The number of hydrogen-bond acceptors (Lipinski definition) is 10. The molecule has 0 aromatic carbocycles. The van der Waals surface area contributed by atoms with Crippen LogP contribution in [0.5, 0.6) is 0 Å². The molecule has 4 atom stereocenters. The summed E-state index contributed by atoms with van der Waals surface area (Å²) in [7, 11) is -4.68. The average molecular weight is 887 g/mol. The Morgan fingerprint density at radius 2 is 1.10 bits per heavy atom. The van der Waals surface area contributed by atoms with E-state index in [1.807, 2.05) is 12.2 Å². The minimum atomic E-state index is -4.68. The first-order valence-electron chi connectivity index (χ1n) is 22.6. The molecule has 12 heteroatoms. The second kappa shape index (κ2) is 44.0. The number of aliphatic hydroxyl groups is 3. The van der Waals surface area contributed by atoms with E-state index in [1.165, 1.54) is 19.3 Å². The van der Waals surface area contributed by atoms with Crippen LogP contribution >= 0.6 is 7.82 Å². The third kappa shape index (κ3) is 43.0. The summed E-state index contributed by atoms with van der Waals surface area (Å²) >= 11 is 0. The SMILES string of the molecule is CC/C=C\C/C=C\C/C=C\C/C=C\C=C/C(O)C/C=C\CCC(=O)OC[C@H](COP(=O)(O)OC[C@@H](O)CO)OC(=O)CCCCC/C=C\C/C=C\C/C=C\C/C=C\CCCCC. The molecule has 2 unspecified atom stereocenters. The molecular formula is C50H79O11P. The number of hydrogen-bond donors (Lipinski definition) is 4.